The first-order chi connectivity index (χ1) is 29.3. The van der Waals surface area contributed by atoms with Gasteiger partial charge in [0.1, 0.15) is 5.65 Å². The van der Waals surface area contributed by atoms with Crippen molar-refractivity contribution < 1.29 is 0 Å². The molecule has 4 nitrogen and oxygen atoms in total. The molecule has 0 unspecified atom stereocenters. The van der Waals surface area contributed by atoms with E-state index >= 15 is 0 Å². The second kappa shape index (κ2) is 12.3. The van der Waals surface area contributed by atoms with E-state index < -0.39 is 0 Å². The Morgan fingerprint density at radius 2 is 0.729 bits per heavy atom. The lowest BCUT2D eigenvalue weighted by atomic mass is 9.92. The van der Waals surface area contributed by atoms with Crippen LogP contribution >= 0.6 is 0 Å². The van der Waals surface area contributed by atoms with Crippen LogP contribution in [-0.2, 0) is 0 Å². The predicted octanol–water partition coefficient (Wildman–Crippen LogP) is 15.2. The molecule has 0 saturated heterocycles. The molecule has 274 valence electrons. The summed E-state index contributed by atoms with van der Waals surface area (Å²) in [6.07, 6.45) is 0. The van der Waals surface area contributed by atoms with Crippen LogP contribution in [0.15, 0.2) is 206 Å². The first-order valence-corrected chi connectivity index (χ1v) is 20.2. The number of fused-ring (bicyclic) bond motifs is 16. The Kier molecular flexibility index (Phi) is 6.69. The van der Waals surface area contributed by atoms with E-state index in [1.165, 1.54) is 43.1 Å². The highest BCUT2D eigenvalue weighted by molar-refractivity contribution is 6.27. The van der Waals surface area contributed by atoms with E-state index in [0.29, 0.717) is 0 Å². The SMILES string of the molecule is c1ccc(N2c3ccc(-c4ccc5nc6c7ccccc7c7ccccc7n6c5c4)cc3N(c3ccccc3)c3cc4c5ccccc5c5ccccc5c4cc32)cc1. The van der Waals surface area contributed by atoms with Gasteiger partial charge in [-0.25, -0.2) is 4.98 Å². The second-order valence-corrected chi connectivity index (χ2v) is 15.6. The molecule has 13 rings (SSSR count). The van der Waals surface area contributed by atoms with Crippen molar-refractivity contribution in [2.45, 2.75) is 0 Å². The topological polar surface area (TPSA) is 23.8 Å². The molecule has 0 amide bonds. The van der Waals surface area contributed by atoms with Crippen molar-refractivity contribution >= 4 is 105 Å². The van der Waals surface area contributed by atoms with Crippen molar-refractivity contribution in [2.75, 3.05) is 9.80 Å². The molecular weight excluding hydrogens is 717 g/mol. The fraction of sp³-hybridized carbons (Fsp3) is 0. The molecule has 4 heteroatoms. The van der Waals surface area contributed by atoms with Crippen LogP contribution < -0.4 is 9.80 Å². The van der Waals surface area contributed by atoms with E-state index in [0.717, 1.165) is 72.8 Å². The first kappa shape index (κ1) is 32.2. The van der Waals surface area contributed by atoms with Gasteiger partial charge in [0.25, 0.3) is 0 Å². The largest absolute Gasteiger partial charge is 0.306 e. The molecule has 0 saturated carbocycles. The normalized spacial score (nSPS) is 12.7. The van der Waals surface area contributed by atoms with Crippen LogP contribution in [0.5, 0.6) is 0 Å². The Morgan fingerprint density at radius 3 is 1.34 bits per heavy atom. The lowest BCUT2D eigenvalue weighted by Gasteiger charge is -2.41. The minimum absolute atomic E-state index is 0.981. The highest BCUT2D eigenvalue weighted by Gasteiger charge is 2.32. The van der Waals surface area contributed by atoms with Gasteiger partial charge in [-0.3, -0.25) is 4.40 Å². The van der Waals surface area contributed by atoms with Crippen molar-refractivity contribution in [3.63, 3.8) is 0 Å². The number of para-hydroxylation sites is 3. The molecule has 0 bridgehead atoms. The lowest BCUT2D eigenvalue weighted by Crippen LogP contribution is -2.24. The molecule has 0 aliphatic carbocycles. The third-order valence-corrected chi connectivity index (χ3v) is 12.4. The fourth-order valence-electron chi connectivity index (χ4n) is 9.82. The predicted molar refractivity (Wildman–Crippen MR) is 249 cm³/mol. The maximum atomic E-state index is 5.23. The molecular formula is C55H34N4. The van der Waals surface area contributed by atoms with Crippen molar-refractivity contribution in [3.05, 3.63) is 206 Å². The Balaban J connectivity index is 1.09. The highest BCUT2D eigenvalue weighted by Crippen LogP contribution is 2.57. The van der Waals surface area contributed by atoms with Gasteiger partial charge in [0.2, 0.25) is 0 Å². The number of anilines is 6. The summed E-state index contributed by atoms with van der Waals surface area (Å²) in [5.41, 5.74) is 13.2. The summed E-state index contributed by atoms with van der Waals surface area (Å²) in [5.74, 6) is 0. The molecule has 59 heavy (non-hydrogen) atoms. The van der Waals surface area contributed by atoms with Gasteiger partial charge >= 0.3 is 0 Å². The van der Waals surface area contributed by atoms with Gasteiger partial charge in [-0.1, -0.05) is 140 Å². The molecule has 1 aliphatic rings. The first-order valence-electron chi connectivity index (χ1n) is 20.2. The second-order valence-electron chi connectivity index (χ2n) is 15.6. The number of nitrogens with zero attached hydrogens (tertiary/aromatic N) is 4. The summed E-state index contributed by atoms with van der Waals surface area (Å²) in [5, 5.41) is 11.1. The number of hydrogen-bond donors (Lipinski definition) is 0. The van der Waals surface area contributed by atoms with E-state index in [1.54, 1.807) is 0 Å². The summed E-state index contributed by atoms with van der Waals surface area (Å²) in [7, 11) is 0. The van der Waals surface area contributed by atoms with Gasteiger partial charge in [-0.2, -0.15) is 0 Å². The number of pyridine rings is 1. The third kappa shape index (κ3) is 4.63. The van der Waals surface area contributed by atoms with Crippen LogP contribution in [0.4, 0.5) is 34.1 Å². The average molecular weight is 751 g/mol. The van der Waals surface area contributed by atoms with Gasteiger partial charge in [-0.05, 0) is 116 Å². The Morgan fingerprint density at radius 1 is 0.288 bits per heavy atom. The van der Waals surface area contributed by atoms with Gasteiger partial charge < -0.3 is 9.80 Å². The van der Waals surface area contributed by atoms with E-state index in [4.69, 9.17) is 4.98 Å². The molecule has 10 aromatic carbocycles. The molecule has 0 atom stereocenters. The molecule has 0 fully saturated rings. The number of benzene rings is 10. The maximum Gasteiger partial charge on any atom is 0.146 e. The number of imidazole rings is 1. The van der Waals surface area contributed by atoms with Crippen molar-refractivity contribution in [1.82, 2.24) is 9.38 Å². The zero-order chi connectivity index (χ0) is 38.6. The van der Waals surface area contributed by atoms with E-state index in [9.17, 15) is 0 Å². The molecule has 0 spiro atoms. The van der Waals surface area contributed by atoms with E-state index in [-0.39, 0.29) is 0 Å². The Hall–Kier alpha value is -7.95. The van der Waals surface area contributed by atoms with Gasteiger partial charge in [0.15, 0.2) is 0 Å². The highest BCUT2D eigenvalue weighted by atomic mass is 15.3. The van der Waals surface area contributed by atoms with E-state index in [2.05, 4.69) is 220 Å². The van der Waals surface area contributed by atoms with Crippen LogP contribution in [0.25, 0.3) is 81.8 Å². The standard InChI is InChI=1S/C55H34N4/c1-3-15-37(16-4-1)57-50-30-28-36(35-27-29-48-51(31-35)59-49-26-14-13-24-44(49)43-23-11-12-25-45(43)55(59)56-48)32-52(50)58(38-17-5-2-6-18-38)54-34-47-42-22-10-8-20-40(42)39-19-7-9-21-41(39)46(47)33-53(54)57/h1-34H. The molecule has 2 aromatic heterocycles. The van der Waals surface area contributed by atoms with Crippen molar-refractivity contribution in [2.24, 2.45) is 0 Å². The summed E-state index contributed by atoms with van der Waals surface area (Å²) in [4.78, 5) is 10.1. The van der Waals surface area contributed by atoms with Crippen LogP contribution in [0, 0.1) is 0 Å². The Labute approximate surface area is 340 Å². The molecule has 12 aromatic rings. The zero-order valence-corrected chi connectivity index (χ0v) is 31.9. The lowest BCUT2D eigenvalue weighted by molar-refractivity contribution is 1.18. The number of rotatable bonds is 3. The number of aromatic nitrogens is 2. The van der Waals surface area contributed by atoms with Crippen molar-refractivity contribution in [3.8, 4) is 11.1 Å². The van der Waals surface area contributed by atoms with Crippen LogP contribution in [0.2, 0.25) is 0 Å². The third-order valence-electron chi connectivity index (χ3n) is 12.4. The molecule has 3 heterocycles. The zero-order valence-electron chi connectivity index (χ0n) is 31.9. The summed E-state index contributed by atoms with van der Waals surface area (Å²) >= 11 is 0. The average Bonchev–Trinajstić information content (AvgIpc) is 3.70. The molecule has 1 aliphatic heterocycles. The maximum absolute atomic E-state index is 5.23. The van der Waals surface area contributed by atoms with Gasteiger partial charge in [0, 0.05) is 22.1 Å². The van der Waals surface area contributed by atoms with Gasteiger partial charge in [-0.15, -0.1) is 0 Å². The van der Waals surface area contributed by atoms with Crippen LogP contribution in [0.1, 0.15) is 0 Å². The minimum atomic E-state index is 0.981. The fourth-order valence-corrected chi connectivity index (χ4v) is 9.82. The van der Waals surface area contributed by atoms with E-state index in [1.807, 2.05) is 0 Å². The smallest absolute Gasteiger partial charge is 0.146 e. The quantitative estimate of drug-likeness (QED) is 0.168. The monoisotopic (exact) mass is 750 g/mol. The summed E-state index contributed by atoms with van der Waals surface area (Å²) < 4.78 is 2.34. The molecule has 0 N–H and O–H groups in total. The summed E-state index contributed by atoms with van der Waals surface area (Å²) in [6.45, 7) is 0. The van der Waals surface area contributed by atoms with Gasteiger partial charge in [0.05, 0.1) is 39.3 Å². The van der Waals surface area contributed by atoms with Crippen LogP contribution in [0.3, 0.4) is 0 Å². The minimum Gasteiger partial charge on any atom is -0.306 e. The summed E-state index contributed by atoms with van der Waals surface area (Å²) in [6, 6.07) is 75.2. The van der Waals surface area contributed by atoms with Crippen molar-refractivity contribution in [1.29, 1.82) is 0 Å². The molecule has 0 radical (unpaired) electrons. The number of hydrogen-bond acceptors (Lipinski definition) is 3. The van der Waals surface area contributed by atoms with Crippen LogP contribution in [-0.4, -0.2) is 9.38 Å². The Bertz CT molecular complexity index is 3680.